The van der Waals surface area contributed by atoms with Gasteiger partial charge in [-0.15, -0.1) is 0 Å². The third kappa shape index (κ3) is 3.44. The molecule has 116 valence electrons. The number of rotatable bonds is 5. The fourth-order valence-electron chi connectivity index (χ4n) is 2.72. The number of hydrogen-bond acceptors (Lipinski definition) is 4. The molecule has 1 aliphatic heterocycles. The monoisotopic (exact) mass is 292 g/mol. The molecule has 0 aromatic carbocycles. The molecule has 2 fully saturated rings. The van der Waals surface area contributed by atoms with Gasteiger partial charge >= 0.3 is 0 Å². The van der Waals surface area contributed by atoms with Gasteiger partial charge in [-0.2, -0.15) is 0 Å². The summed E-state index contributed by atoms with van der Waals surface area (Å²) in [5, 5.41) is 0. The van der Waals surface area contributed by atoms with Gasteiger partial charge in [-0.25, -0.2) is 4.98 Å². The molecule has 1 amide bonds. The SMILES string of the molecule is C[C@H](OCC1CC1)C(=O)N1CCN(C)[C@@H](c2ncc[nH]2)C1. The van der Waals surface area contributed by atoms with Crippen molar-refractivity contribution in [3.63, 3.8) is 0 Å². The van der Waals surface area contributed by atoms with Crippen LogP contribution in [0.25, 0.3) is 0 Å². The smallest absolute Gasteiger partial charge is 0.251 e. The Morgan fingerprint density at radius 2 is 2.33 bits per heavy atom. The van der Waals surface area contributed by atoms with Crippen LogP contribution in [0.2, 0.25) is 0 Å². The van der Waals surface area contributed by atoms with Crippen LogP contribution in [0.1, 0.15) is 31.6 Å². The van der Waals surface area contributed by atoms with Gasteiger partial charge in [0, 0.05) is 32.0 Å². The Morgan fingerprint density at radius 3 is 3.00 bits per heavy atom. The van der Waals surface area contributed by atoms with Gasteiger partial charge in [-0.05, 0) is 32.7 Å². The van der Waals surface area contributed by atoms with E-state index in [1.165, 1.54) is 12.8 Å². The van der Waals surface area contributed by atoms with Gasteiger partial charge in [0.1, 0.15) is 11.9 Å². The van der Waals surface area contributed by atoms with Crippen molar-refractivity contribution in [3.8, 4) is 0 Å². The zero-order valence-corrected chi connectivity index (χ0v) is 12.8. The van der Waals surface area contributed by atoms with E-state index in [0.29, 0.717) is 12.5 Å². The summed E-state index contributed by atoms with van der Waals surface area (Å²) in [6, 6.07) is 0.133. The number of nitrogens with zero attached hydrogens (tertiary/aromatic N) is 3. The lowest BCUT2D eigenvalue weighted by atomic mass is 10.1. The fraction of sp³-hybridized carbons (Fsp3) is 0.733. The molecule has 2 aliphatic rings. The molecule has 0 bridgehead atoms. The first kappa shape index (κ1) is 14.5. The molecule has 2 atom stereocenters. The summed E-state index contributed by atoms with van der Waals surface area (Å²) in [6.07, 6.45) is 5.73. The summed E-state index contributed by atoms with van der Waals surface area (Å²) < 4.78 is 5.71. The molecule has 1 aromatic rings. The zero-order chi connectivity index (χ0) is 14.8. The number of carbonyl (C=O) groups is 1. The molecule has 1 saturated heterocycles. The van der Waals surface area contributed by atoms with Gasteiger partial charge in [0.15, 0.2) is 0 Å². The Balaban J connectivity index is 1.58. The predicted molar refractivity (Wildman–Crippen MR) is 78.7 cm³/mol. The van der Waals surface area contributed by atoms with Crippen LogP contribution >= 0.6 is 0 Å². The average molecular weight is 292 g/mol. The maximum atomic E-state index is 12.5. The van der Waals surface area contributed by atoms with Crippen molar-refractivity contribution >= 4 is 5.91 Å². The first-order valence-corrected chi connectivity index (χ1v) is 7.75. The van der Waals surface area contributed by atoms with Crippen LogP contribution in [0.15, 0.2) is 12.4 Å². The zero-order valence-electron chi connectivity index (χ0n) is 12.8. The van der Waals surface area contributed by atoms with E-state index in [4.69, 9.17) is 4.74 Å². The summed E-state index contributed by atoms with van der Waals surface area (Å²) in [6.45, 7) is 4.86. The van der Waals surface area contributed by atoms with Crippen molar-refractivity contribution in [2.75, 3.05) is 33.3 Å². The molecule has 1 N–H and O–H groups in total. The van der Waals surface area contributed by atoms with Crippen molar-refractivity contribution in [2.45, 2.75) is 31.9 Å². The third-order valence-electron chi connectivity index (χ3n) is 4.42. The van der Waals surface area contributed by atoms with Gasteiger partial charge in [-0.3, -0.25) is 9.69 Å². The Bertz CT molecular complexity index is 472. The Morgan fingerprint density at radius 1 is 1.52 bits per heavy atom. The number of amides is 1. The molecule has 0 unspecified atom stereocenters. The highest BCUT2D eigenvalue weighted by molar-refractivity contribution is 5.80. The van der Waals surface area contributed by atoms with Gasteiger partial charge in [-0.1, -0.05) is 0 Å². The highest BCUT2D eigenvalue weighted by Gasteiger charge is 2.32. The van der Waals surface area contributed by atoms with E-state index >= 15 is 0 Å². The van der Waals surface area contributed by atoms with Crippen LogP contribution in [0, 0.1) is 5.92 Å². The van der Waals surface area contributed by atoms with Crippen LogP contribution < -0.4 is 0 Å². The van der Waals surface area contributed by atoms with E-state index in [2.05, 4.69) is 21.9 Å². The van der Waals surface area contributed by atoms with E-state index in [0.717, 1.165) is 25.5 Å². The molecular formula is C15H24N4O2. The van der Waals surface area contributed by atoms with Crippen LogP contribution in [0.3, 0.4) is 0 Å². The van der Waals surface area contributed by atoms with Gasteiger partial charge in [0.2, 0.25) is 0 Å². The summed E-state index contributed by atoms with van der Waals surface area (Å²) >= 11 is 0. The van der Waals surface area contributed by atoms with Crippen LogP contribution in [-0.2, 0) is 9.53 Å². The number of ether oxygens (including phenoxy) is 1. The maximum Gasteiger partial charge on any atom is 0.251 e. The molecule has 21 heavy (non-hydrogen) atoms. The quantitative estimate of drug-likeness (QED) is 0.881. The molecular weight excluding hydrogens is 268 g/mol. The van der Waals surface area contributed by atoms with Gasteiger partial charge < -0.3 is 14.6 Å². The van der Waals surface area contributed by atoms with Crippen LogP contribution in [-0.4, -0.2) is 65.1 Å². The second-order valence-corrected chi connectivity index (χ2v) is 6.17. The van der Waals surface area contributed by atoms with E-state index in [1.54, 1.807) is 6.20 Å². The summed E-state index contributed by atoms with van der Waals surface area (Å²) in [5.74, 6) is 1.70. The molecule has 0 radical (unpaired) electrons. The number of nitrogens with one attached hydrogen (secondary N) is 1. The number of aromatic nitrogens is 2. The first-order valence-electron chi connectivity index (χ1n) is 7.75. The predicted octanol–water partition coefficient (Wildman–Crippen LogP) is 1.04. The average Bonchev–Trinajstić information content (AvgIpc) is 3.17. The van der Waals surface area contributed by atoms with E-state index in [1.807, 2.05) is 18.0 Å². The van der Waals surface area contributed by atoms with Gasteiger partial charge in [0.25, 0.3) is 5.91 Å². The number of aromatic amines is 1. The minimum absolute atomic E-state index is 0.0975. The fourth-order valence-corrected chi connectivity index (χ4v) is 2.72. The Hall–Kier alpha value is -1.40. The minimum atomic E-state index is -0.341. The number of H-pyrrole nitrogens is 1. The Kier molecular flexibility index (Phi) is 4.26. The highest BCUT2D eigenvalue weighted by Crippen LogP contribution is 2.29. The van der Waals surface area contributed by atoms with Crippen molar-refractivity contribution in [1.29, 1.82) is 0 Å². The largest absolute Gasteiger partial charge is 0.368 e. The van der Waals surface area contributed by atoms with Crippen LogP contribution in [0.4, 0.5) is 0 Å². The van der Waals surface area contributed by atoms with E-state index < -0.39 is 0 Å². The lowest BCUT2D eigenvalue weighted by Crippen LogP contribution is -2.51. The van der Waals surface area contributed by atoms with Crippen molar-refractivity contribution in [1.82, 2.24) is 19.8 Å². The minimum Gasteiger partial charge on any atom is -0.368 e. The number of likely N-dealkylation sites (N-methyl/N-ethyl adjacent to an activating group) is 1. The molecule has 3 rings (SSSR count). The number of piperazine rings is 1. The summed E-state index contributed by atoms with van der Waals surface area (Å²) in [5.41, 5.74) is 0. The van der Waals surface area contributed by atoms with E-state index in [-0.39, 0.29) is 18.1 Å². The summed E-state index contributed by atoms with van der Waals surface area (Å²) in [4.78, 5) is 24.1. The topological polar surface area (TPSA) is 61.5 Å². The van der Waals surface area contributed by atoms with E-state index in [9.17, 15) is 4.79 Å². The normalized spacial score (nSPS) is 25.0. The van der Waals surface area contributed by atoms with Crippen molar-refractivity contribution in [2.24, 2.45) is 5.92 Å². The molecule has 1 aliphatic carbocycles. The van der Waals surface area contributed by atoms with Crippen LogP contribution in [0.5, 0.6) is 0 Å². The van der Waals surface area contributed by atoms with Crippen molar-refractivity contribution < 1.29 is 9.53 Å². The molecule has 2 heterocycles. The number of carbonyl (C=O) groups excluding carboxylic acids is 1. The third-order valence-corrected chi connectivity index (χ3v) is 4.42. The second kappa shape index (κ2) is 6.15. The maximum absolute atomic E-state index is 12.5. The summed E-state index contributed by atoms with van der Waals surface area (Å²) in [7, 11) is 2.07. The Labute approximate surface area is 125 Å². The first-order chi connectivity index (χ1) is 10.1. The highest BCUT2D eigenvalue weighted by atomic mass is 16.5. The standard InChI is InChI=1S/C15H24N4O2/c1-11(21-10-12-3-4-12)15(20)19-8-7-18(2)13(9-19)14-16-5-6-17-14/h5-6,11-13H,3-4,7-10H2,1-2H3,(H,16,17)/t11-,13+/m0/s1. The lowest BCUT2D eigenvalue weighted by Gasteiger charge is -2.39. The number of imidazole rings is 1. The molecule has 6 heteroatoms. The number of hydrogen-bond donors (Lipinski definition) is 1. The molecule has 1 aromatic heterocycles. The molecule has 1 saturated carbocycles. The molecule has 0 spiro atoms. The molecule has 6 nitrogen and oxygen atoms in total. The van der Waals surface area contributed by atoms with Crippen molar-refractivity contribution in [3.05, 3.63) is 18.2 Å². The van der Waals surface area contributed by atoms with Gasteiger partial charge in [0.05, 0.1) is 12.6 Å². The lowest BCUT2D eigenvalue weighted by molar-refractivity contribution is -0.145. The second-order valence-electron chi connectivity index (χ2n) is 6.17.